The van der Waals surface area contributed by atoms with Crippen LogP contribution < -0.4 is 15.2 Å². The van der Waals surface area contributed by atoms with Gasteiger partial charge in [0.05, 0.1) is 23.5 Å². The van der Waals surface area contributed by atoms with E-state index in [0.717, 1.165) is 11.3 Å². The summed E-state index contributed by atoms with van der Waals surface area (Å²) in [4.78, 5) is 29.1. The zero-order valence-electron chi connectivity index (χ0n) is 17.2. The SMILES string of the molecule is COc1ccccc1-c1ccc(=O)n(CC(=O)N2CCN(c3ccccc3Cl)CC2)n1. The Kier molecular flexibility index (Phi) is 6.23. The maximum Gasteiger partial charge on any atom is 0.267 e. The van der Waals surface area contributed by atoms with Gasteiger partial charge in [0.25, 0.3) is 5.56 Å². The molecule has 0 radical (unpaired) electrons. The van der Waals surface area contributed by atoms with Gasteiger partial charge in [0, 0.05) is 37.8 Å². The molecule has 1 amide bonds. The fourth-order valence-corrected chi connectivity index (χ4v) is 3.95. The second-order valence-electron chi connectivity index (χ2n) is 7.23. The van der Waals surface area contributed by atoms with E-state index in [9.17, 15) is 9.59 Å². The summed E-state index contributed by atoms with van der Waals surface area (Å²) in [6.07, 6.45) is 0. The molecule has 0 saturated carbocycles. The number of benzene rings is 2. The van der Waals surface area contributed by atoms with Crippen LogP contribution in [-0.2, 0) is 11.3 Å². The first-order valence-corrected chi connectivity index (χ1v) is 10.4. The Morgan fingerprint density at radius 3 is 2.45 bits per heavy atom. The molecule has 160 valence electrons. The molecular weight excluding hydrogens is 416 g/mol. The quantitative estimate of drug-likeness (QED) is 0.612. The van der Waals surface area contributed by atoms with Crippen LogP contribution in [0.4, 0.5) is 5.69 Å². The third-order valence-electron chi connectivity index (χ3n) is 5.36. The maximum absolute atomic E-state index is 12.9. The Labute approximate surface area is 185 Å². The lowest BCUT2D eigenvalue weighted by molar-refractivity contribution is -0.132. The zero-order valence-corrected chi connectivity index (χ0v) is 18.0. The van der Waals surface area contributed by atoms with Crippen molar-refractivity contribution in [1.82, 2.24) is 14.7 Å². The number of nitrogens with zero attached hydrogens (tertiary/aromatic N) is 4. The Bertz CT molecular complexity index is 1140. The molecule has 3 aromatic rings. The van der Waals surface area contributed by atoms with Crippen molar-refractivity contribution in [1.29, 1.82) is 0 Å². The van der Waals surface area contributed by atoms with E-state index in [1.165, 1.54) is 10.7 Å². The lowest BCUT2D eigenvalue weighted by atomic mass is 10.1. The number of halogens is 1. The molecule has 1 aromatic heterocycles. The summed E-state index contributed by atoms with van der Waals surface area (Å²) < 4.78 is 6.60. The normalized spacial score (nSPS) is 13.9. The van der Waals surface area contributed by atoms with E-state index in [0.29, 0.717) is 42.6 Å². The largest absolute Gasteiger partial charge is 0.496 e. The van der Waals surface area contributed by atoms with Crippen molar-refractivity contribution in [2.45, 2.75) is 6.54 Å². The Balaban J connectivity index is 1.46. The molecule has 1 saturated heterocycles. The van der Waals surface area contributed by atoms with Crippen LogP contribution in [0.3, 0.4) is 0 Å². The molecule has 31 heavy (non-hydrogen) atoms. The van der Waals surface area contributed by atoms with E-state index in [-0.39, 0.29) is 18.0 Å². The van der Waals surface area contributed by atoms with Gasteiger partial charge in [-0.15, -0.1) is 0 Å². The Hall–Kier alpha value is -3.32. The summed E-state index contributed by atoms with van der Waals surface area (Å²) in [7, 11) is 1.58. The van der Waals surface area contributed by atoms with Crippen LogP contribution in [0, 0.1) is 0 Å². The maximum atomic E-state index is 12.9. The van der Waals surface area contributed by atoms with E-state index in [4.69, 9.17) is 16.3 Å². The summed E-state index contributed by atoms with van der Waals surface area (Å²) in [5.41, 5.74) is 1.99. The predicted molar refractivity (Wildman–Crippen MR) is 121 cm³/mol. The molecule has 0 spiro atoms. The minimum absolute atomic E-state index is 0.103. The number of amides is 1. The molecule has 1 aliphatic heterocycles. The van der Waals surface area contributed by atoms with Gasteiger partial charge in [-0.3, -0.25) is 9.59 Å². The van der Waals surface area contributed by atoms with Crippen molar-refractivity contribution in [3.63, 3.8) is 0 Å². The summed E-state index contributed by atoms with van der Waals surface area (Å²) in [5.74, 6) is 0.521. The van der Waals surface area contributed by atoms with Crippen LogP contribution in [0.25, 0.3) is 11.3 Å². The average molecular weight is 439 g/mol. The fraction of sp³-hybridized carbons (Fsp3) is 0.261. The van der Waals surface area contributed by atoms with Gasteiger partial charge < -0.3 is 14.5 Å². The summed E-state index contributed by atoms with van der Waals surface area (Å²) >= 11 is 6.29. The van der Waals surface area contributed by atoms with Crippen molar-refractivity contribution in [2.75, 3.05) is 38.2 Å². The molecule has 0 bridgehead atoms. The summed E-state index contributed by atoms with van der Waals surface area (Å²) in [6.45, 7) is 2.38. The van der Waals surface area contributed by atoms with Crippen molar-refractivity contribution in [3.05, 3.63) is 76.0 Å². The lowest BCUT2D eigenvalue weighted by Gasteiger charge is -2.36. The molecular formula is C23H23ClN4O3. The Morgan fingerprint density at radius 2 is 1.71 bits per heavy atom. The number of rotatable bonds is 5. The monoisotopic (exact) mass is 438 g/mol. The smallest absolute Gasteiger partial charge is 0.267 e. The predicted octanol–water partition coefficient (Wildman–Crippen LogP) is 2.92. The molecule has 2 heterocycles. The van der Waals surface area contributed by atoms with Gasteiger partial charge in [0.2, 0.25) is 5.91 Å². The first-order chi connectivity index (χ1) is 15.1. The molecule has 1 fully saturated rings. The summed E-state index contributed by atoms with van der Waals surface area (Å²) in [5, 5.41) is 5.11. The number of hydrogen-bond donors (Lipinski definition) is 0. The van der Waals surface area contributed by atoms with Crippen LogP contribution in [-0.4, -0.2) is 53.9 Å². The molecule has 0 atom stereocenters. The van der Waals surface area contributed by atoms with Crippen molar-refractivity contribution in [3.8, 4) is 17.0 Å². The number of piperazine rings is 1. The molecule has 0 N–H and O–H groups in total. The number of ether oxygens (including phenoxy) is 1. The molecule has 0 unspecified atom stereocenters. The van der Waals surface area contributed by atoms with Gasteiger partial charge in [0.15, 0.2) is 0 Å². The van der Waals surface area contributed by atoms with E-state index in [1.54, 1.807) is 18.1 Å². The van der Waals surface area contributed by atoms with Gasteiger partial charge in [-0.05, 0) is 30.3 Å². The minimum Gasteiger partial charge on any atom is -0.496 e. The topological polar surface area (TPSA) is 67.7 Å². The first kappa shape index (κ1) is 20.9. The van der Waals surface area contributed by atoms with E-state index in [1.807, 2.05) is 48.5 Å². The highest BCUT2D eigenvalue weighted by molar-refractivity contribution is 6.33. The van der Waals surface area contributed by atoms with Crippen molar-refractivity contribution < 1.29 is 9.53 Å². The number of methoxy groups -OCH3 is 1. The first-order valence-electron chi connectivity index (χ1n) is 10.1. The van der Waals surface area contributed by atoms with Crippen molar-refractivity contribution in [2.24, 2.45) is 0 Å². The third-order valence-corrected chi connectivity index (χ3v) is 5.68. The number of anilines is 1. The van der Waals surface area contributed by atoms with Gasteiger partial charge in [0.1, 0.15) is 12.3 Å². The van der Waals surface area contributed by atoms with Gasteiger partial charge >= 0.3 is 0 Å². The van der Waals surface area contributed by atoms with Crippen LogP contribution in [0.5, 0.6) is 5.75 Å². The molecule has 8 heteroatoms. The highest BCUT2D eigenvalue weighted by Gasteiger charge is 2.23. The van der Waals surface area contributed by atoms with Crippen molar-refractivity contribution >= 4 is 23.2 Å². The molecule has 1 aliphatic rings. The average Bonchev–Trinajstić information content (AvgIpc) is 2.81. The van der Waals surface area contributed by atoms with E-state index >= 15 is 0 Å². The second-order valence-corrected chi connectivity index (χ2v) is 7.64. The van der Waals surface area contributed by atoms with E-state index in [2.05, 4.69) is 10.00 Å². The van der Waals surface area contributed by atoms with Crippen LogP contribution in [0.15, 0.2) is 65.5 Å². The lowest BCUT2D eigenvalue weighted by Crippen LogP contribution is -2.50. The molecule has 4 rings (SSSR count). The zero-order chi connectivity index (χ0) is 21.8. The number of carbonyl (C=O) groups is 1. The second kappa shape index (κ2) is 9.22. The van der Waals surface area contributed by atoms with Gasteiger partial charge in [-0.2, -0.15) is 5.10 Å². The molecule has 7 nitrogen and oxygen atoms in total. The number of hydrogen-bond acceptors (Lipinski definition) is 5. The molecule has 0 aliphatic carbocycles. The van der Waals surface area contributed by atoms with Gasteiger partial charge in [-0.1, -0.05) is 35.9 Å². The van der Waals surface area contributed by atoms with Crippen LogP contribution >= 0.6 is 11.6 Å². The highest BCUT2D eigenvalue weighted by Crippen LogP contribution is 2.27. The van der Waals surface area contributed by atoms with Crippen LogP contribution in [0.1, 0.15) is 0 Å². The minimum atomic E-state index is -0.318. The number of para-hydroxylation sites is 2. The van der Waals surface area contributed by atoms with Crippen LogP contribution in [0.2, 0.25) is 5.02 Å². The third kappa shape index (κ3) is 4.56. The standard InChI is InChI=1S/C23H23ClN4O3/c1-31-21-9-5-2-6-17(21)19-10-11-22(29)28(25-19)16-23(30)27-14-12-26(13-15-27)20-8-4-3-7-18(20)24/h2-11H,12-16H2,1H3. The van der Waals surface area contributed by atoms with E-state index < -0.39 is 0 Å². The Morgan fingerprint density at radius 1 is 1.00 bits per heavy atom. The number of carbonyl (C=O) groups excluding carboxylic acids is 1. The summed E-state index contributed by atoms with van der Waals surface area (Å²) in [6, 6.07) is 18.2. The highest BCUT2D eigenvalue weighted by atomic mass is 35.5. The fourth-order valence-electron chi connectivity index (χ4n) is 3.70. The molecule has 2 aromatic carbocycles. The number of aromatic nitrogens is 2. The van der Waals surface area contributed by atoms with Gasteiger partial charge in [-0.25, -0.2) is 4.68 Å².